The van der Waals surface area contributed by atoms with E-state index in [4.69, 9.17) is 9.47 Å². The van der Waals surface area contributed by atoms with E-state index in [9.17, 15) is 18.0 Å². The standard InChI is InChI=1S/C27H26F3NO3/c1-3-14-31-15-21-22(16-31)25(33-17-19-10-6-4-7-11-19)23(18(2)24(21)27(28,29)30)26(32)34-20-12-8-5-9-13-20/h4-13H,3,14-17H2,1-2H3. The number of para-hydroxylation sites is 1. The van der Waals surface area contributed by atoms with Gasteiger partial charge in [0.15, 0.2) is 0 Å². The van der Waals surface area contributed by atoms with Crippen LogP contribution in [0, 0.1) is 6.92 Å². The lowest BCUT2D eigenvalue weighted by atomic mass is 9.91. The van der Waals surface area contributed by atoms with Crippen molar-refractivity contribution >= 4 is 5.97 Å². The van der Waals surface area contributed by atoms with E-state index in [0.29, 0.717) is 12.1 Å². The monoisotopic (exact) mass is 469 g/mol. The van der Waals surface area contributed by atoms with Gasteiger partial charge in [-0.2, -0.15) is 13.2 Å². The molecule has 1 aliphatic heterocycles. The maximum Gasteiger partial charge on any atom is 0.417 e. The van der Waals surface area contributed by atoms with Gasteiger partial charge in [0.2, 0.25) is 0 Å². The number of benzene rings is 3. The van der Waals surface area contributed by atoms with Gasteiger partial charge in [-0.1, -0.05) is 55.5 Å². The average Bonchev–Trinajstić information content (AvgIpc) is 3.20. The lowest BCUT2D eigenvalue weighted by Crippen LogP contribution is -2.20. The third kappa shape index (κ3) is 4.94. The maximum absolute atomic E-state index is 14.3. The van der Waals surface area contributed by atoms with Gasteiger partial charge in [-0.15, -0.1) is 0 Å². The summed E-state index contributed by atoms with van der Waals surface area (Å²) in [6.07, 6.45) is -3.81. The fourth-order valence-electron chi connectivity index (χ4n) is 4.44. The van der Waals surface area contributed by atoms with Crippen LogP contribution in [0.1, 0.15) is 51.5 Å². The molecule has 0 fully saturated rings. The number of fused-ring (bicyclic) bond motifs is 1. The molecule has 4 rings (SSSR count). The summed E-state index contributed by atoms with van der Waals surface area (Å²) in [5, 5.41) is 0. The van der Waals surface area contributed by atoms with E-state index < -0.39 is 17.7 Å². The minimum atomic E-state index is -4.61. The van der Waals surface area contributed by atoms with Gasteiger partial charge >= 0.3 is 12.1 Å². The summed E-state index contributed by atoms with van der Waals surface area (Å²) in [5.41, 5.74) is 0.311. The van der Waals surface area contributed by atoms with Crippen LogP contribution in [0.4, 0.5) is 13.2 Å². The molecule has 0 atom stereocenters. The molecule has 1 heterocycles. The first-order chi connectivity index (χ1) is 16.3. The van der Waals surface area contributed by atoms with E-state index in [0.717, 1.165) is 12.0 Å². The van der Waals surface area contributed by atoms with Crippen molar-refractivity contribution in [3.8, 4) is 11.5 Å². The van der Waals surface area contributed by atoms with Gasteiger partial charge in [0, 0.05) is 18.7 Å². The average molecular weight is 470 g/mol. The molecule has 0 amide bonds. The maximum atomic E-state index is 14.3. The molecule has 0 spiro atoms. The molecule has 0 bridgehead atoms. The predicted octanol–water partition coefficient (Wildman–Crippen LogP) is 6.54. The van der Waals surface area contributed by atoms with Gasteiger partial charge in [-0.25, -0.2) is 4.79 Å². The molecule has 0 aromatic heterocycles. The molecule has 0 radical (unpaired) electrons. The first-order valence-electron chi connectivity index (χ1n) is 11.2. The van der Waals surface area contributed by atoms with Crippen LogP contribution < -0.4 is 9.47 Å². The highest BCUT2D eigenvalue weighted by Gasteiger charge is 2.43. The third-order valence-electron chi connectivity index (χ3n) is 5.89. The van der Waals surface area contributed by atoms with Crippen molar-refractivity contribution in [3.05, 3.63) is 94.0 Å². The van der Waals surface area contributed by atoms with E-state index in [1.807, 2.05) is 42.2 Å². The molecular weight excluding hydrogens is 443 g/mol. The smallest absolute Gasteiger partial charge is 0.417 e. The normalized spacial score (nSPS) is 13.6. The molecule has 7 heteroatoms. The van der Waals surface area contributed by atoms with Gasteiger partial charge < -0.3 is 9.47 Å². The topological polar surface area (TPSA) is 38.8 Å². The second-order valence-electron chi connectivity index (χ2n) is 8.35. The molecule has 34 heavy (non-hydrogen) atoms. The van der Waals surface area contributed by atoms with E-state index in [-0.39, 0.29) is 47.9 Å². The third-order valence-corrected chi connectivity index (χ3v) is 5.89. The number of hydrogen-bond donors (Lipinski definition) is 0. The van der Waals surface area contributed by atoms with Crippen molar-refractivity contribution in [1.82, 2.24) is 4.90 Å². The summed E-state index contributed by atoms with van der Waals surface area (Å²) < 4.78 is 54.4. The van der Waals surface area contributed by atoms with Crippen LogP contribution in [-0.4, -0.2) is 17.4 Å². The zero-order valence-corrected chi connectivity index (χ0v) is 19.1. The molecule has 0 saturated carbocycles. The largest absolute Gasteiger partial charge is 0.488 e. The summed E-state index contributed by atoms with van der Waals surface area (Å²) in [6, 6.07) is 17.6. The Balaban J connectivity index is 1.84. The molecule has 0 unspecified atom stereocenters. The van der Waals surface area contributed by atoms with Crippen LogP contribution in [0.5, 0.6) is 11.5 Å². The lowest BCUT2D eigenvalue weighted by molar-refractivity contribution is -0.138. The number of carbonyl (C=O) groups is 1. The van der Waals surface area contributed by atoms with E-state index in [1.54, 1.807) is 30.3 Å². The van der Waals surface area contributed by atoms with Crippen molar-refractivity contribution in [2.45, 2.75) is 46.1 Å². The Labute approximate surface area is 196 Å². The fourth-order valence-corrected chi connectivity index (χ4v) is 4.44. The molecule has 0 N–H and O–H groups in total. The first kappa shape index (κ1) is 23.8. The van der Waals surface area contributed by atoms with Crippen molar-refractivity contribution in [2.24, 2.45) is 0 Å². The minimum Gasteiger partial charge on any atom is -0.488 e. The second kappa shape index (κ2) is 9.89. The Bertz CT molecular complexity index is 1160. The van der Waals surface area contributed by atoms with Crippen molar-refractivity contribution in [1.29, 1.82) is 0 Å². The van der Waals surface area contributed by atoms with Crippen LogP contribution in [-0.2, 0) is 25.9 Å². The summed E-state index contributed by atoms with van der Waals surface area (Å²) in [6.45, 7) is 4.51. The minimum absolute atomic E-state index is 0.122. The number of esters is 1. The highest BCUT2D eigenvalue weighted by molar-refractivity contribution is 5.97. The highest BCUT2D eigenvalue weighted by atomic mass is 19.4. The fraction of sp³-hybridized carbons (Fsp3) is 0.296. The molecular formula is C27H26F3NO3. The molecule has 1 aliphatic rings. The van der Waals surface area contributed by atoms with Crippen LogP contribution in [0.2, 0.25) is 0 Å². The van der Waals surface area contributed by atoms with E-state index >= 15 is 0 Å². The van der Waals surface area contributed by atoms with Gasteiger partial charge in [0.1, 0.15) is 23.7 Å². The summed E-state index contributed by atoms with van der Waals surface area (Å²) >= 11 is 0. The number of nitrogens with zero attached hydrogens (tertiary/aromatic N) is 1. The highest BCUT2D eigenvalue weighted by Crippen LogP contribution is 2.46. The van der Waals surface area contributed by atoms with Crippen molar-refractivity contribution in [3.63, 3.8) is 0 Å². The number of carbonyl (C=O) groups excluding carboxylic acids is 1. The van der Waals surface area contributed by atoms with Gasteiger partial charge in [0.05, 0.1) is 5.56 Å². The Morgan fingerprint density at radius 1 is 0.971 bits per heavy atom. The van der Waals surface area contributed by atoms with Crippen LogP contribution in [0.3, 0.4) is 0 Å². The number of hydrogen-bond acceptors (Lipinski definition) is 4. The zero-order chi connectivity index (χ0) is 24.3. The molecule has 178 valence electrons. The molecule has 3 aromatic carbocycles. The van der Waals surface area contributed by atoms with Gasteiger partial charge in [0.25, 0.3) is 0 Å². The Kier molecular flexibility index (Phi) is 6.93. The number of rotatable bonds is 7. The number of halogens is 3. The van der Waals surface area contributed by atoms with Crippen LogP contribution in [0.25, 0.3) is 0 Å². The Morgan fingerprint density at radius 3 is 2.21 bits per heavy atom. The summed E-state index contributed by atoms with van der Waals surface area (Å²) in [5.74, 6) is -0.444. The Morgan fingerprint density at radius 2 is 1.59 bits per heavy atom. The zero-order valence-electron chi connectivity index (χ0n) is 19.1. The molecule has 0 aliphatic carbocycles. The predicted molar refractivity (Wildman–Crippen MR) is 123 cm³/mol. The molecule has 0 saturated heterocycles. The van der Waals surface area contributed by atoms with Gasteiger partial charge in [-0.3, -0.25) is 4.90 Å². The first-order valence-corrected chi connectivity index (χ1v) is 11.2. The lowest BCUT2D eigenvalue weighted by Gasteiger charge is -2.22. The number of ether oxygens (including phenoxy) is 2. The second-order valence-corrected chi connectivity index (χ2v) is 8.35. The van der Waals surface area contributed by atoms with Crippen molar-refractivity contribution < 1.29 is 27.4 Å². The molecule has 3 aromatic rings. The Hall–Kier alpha value is -3.32. The molecule has 4 nitrogen and oxygen atoms in total. The SMILES string of the molecule is CCCN1Cc2c(c(C(F)(F)F)c(C)c(C(=O)Oc3ccccc3)c2OCc2ccccc2)C1. The summed E-state index contributed by atoms with van der Waals surface area (Å²) in [4.78, 5) is 15.2. The van der Waals surface area contributed by atoms with Crippen LogP contribution >= 0.6 is 0 Å². The van der Waals surface area contributed by atoms with E-state index in [1.165, 1.54) is 6.92 Å². The van der Waals surface area contributed by atoms with E-state index in [2.05, 4.69) is 0 Å². The summed E-state index contributed by atoms with van der Waals surface area (Å²) in [7, 11) is 0. The van der Waals surface area contributed by atoms with Crippen LogP contribution in [0.15, 0.2) is 60.7 Å². The van der Waals surface area contributed by atoms with Gasteiger partial charge in [-0.05, 0) is 48.7 Å². The number of alkyl halides is 3. The van der Waals surface area contributed by atoms with Crippen molar-refractivity contribution in [2.75, 3.05) is 6.54 Å². The quantitative estimate of drug-likeness (QED) is 0.291.